The van der Waals surface area contributed by atoms with E-state index in [0.717, 1.165) is 11.5 Å². The van der Waals surface area contributed by atoms with Crippen molar-refractivity contribution in [1.29, 1.82) is 0 Å². The van der Waals surface area contributed by atoms with Crippen LogP contribution in [0.3, 0.4) is 0 Å². The summed E-state index contributed by atoms with van der Waals surface area (Å²) in [4.78, 5) is 4.14. The molecule has 2 rings (SSSR count). The maximum Gasteiger partial charge on any atom is 0.128 e. The van der Waals surface area contributed by atoms with Crippen molar-refractivity contribution in [3.63, 3.8) is 0 Å². The molecule has 1 aliphatic rings. The molecule has 1 fully saturated rings. The number of rotatable bonds is 3. The molecule has 17 heavy (non-hydrogen) atoms. The van der Waals surface area contributed by atoms with Gasteiger partial charge in [0.25, 0.3) is 0 Å². The van der Waals surface area contributed by atoms with Crippen LogP contribution in [-0.4, -0.2) is 4.98 Å². The third kappa shape index (κ3) is 2.76. The second-order valence-corrected chi connectivity index (χ2v) is 5.15. The lowest BCUT2D eigenvalue weighted by atomic mass is 9.77. The largest absolute Gasteiger partial charge is 0.383 e. The molecule has 4 nitrogen and oxygen atoms in total. The summed E-state index contributed by atoms with van der Waals surface area (Å²) >= 11 is 0. The Morgan fingerprint density at radius 1 is 1.47 bits per heavy atom. The molecule has 1 aromatic heterocycles. The van der Waals surface area contributed by atoms with E-state index in [-0.39, 0.29) is 6.04 Å². The van der Waals surface area contributed by atoms with Crippen LogP contribution in [0.5, 0.6) is 0 Å². The van der Waals surface area contributed by atoms with E-state index < -0.39 is 0 Å². The highest BCUT2D eigenvalue weighted by atomic mass is 15.2. The highest BCUT2D eigenvalue weighted by Gasteiger charge is 2.28. The van der Waals surface area contributed by atoms with Gasteiger partial charge in [-0.05, 0) is 30.7 Å². The molecule has 0 radical (unpaired) electrons. The molecule has 94 valence electrons. The van der Waals surface area contributed by atoms with E-state index in [9.17, 15) is 0 Å². The van der Waals surface area contributed by atoms with Crippen LogP contribution in [0.1, 0.15) is 44.2 Å². The number of hydrogen-bond acceptors (Lipinski definition) is 4. The lowest BCUT2D eigenvalue weighted by Gasteiger charge is -2.33. The highest BCUT2D eigenvalue weighted by Crippen LogP contribution is 2.37. The van der Waals surface area contributed by atoms with Crippen molar-refractivity contribution in [2.24, 2.45) is 17.7 Å². The number of pyridine rings is 1. The number of hydrazine groups is 1. The van der Waals surface area contributed by atoms with Crippen molar-refractivity contribution in [2.45, 2.75) is 38.6 Å². The first kappa shape index (κ1) is 12.3. The van der Waals surface area contributed by atoms with E-state index in [0.29, 0.717) is 11.7 Å². The van der Waals surface area contributed by atoms with E-state index in [4.69, 9.17) is 11.6 Å². The molecule has 0 aromatic carbocycles. The van der Waals surface area contributed by atoms with Gasteiger partial charge in [-0.3, -0.25) is 11.3 Å². The number of nitrogens with two attached hydrogens (primary N) is 2. The Labute approximate surface area is 103 Å². The Balaban J connectivity index is 2.18. The summed E-state index contributed by atoms with van der Waals surface area (Å²) < 4.78 is 0. The Morgan fingerprint density at radius 3 is 2.94 bits per heavy atom. The van der Waals surface area contributed by atoms with Crippen molar-refractivity contribution in [1.82, 2.24) is 10.4 Å². The summed E-state index contributed by atoms with van der Waals surface area (Å²) in [6.45, 7) is 2.31. The third-order valence-electron chi connectivity index (χ3n) is 3.83. The summed E-state index contributed by atoms with van der Waals surface area (Å²) in [7, 11) is 0. The number of anilines is 1. The number of hydrogen-bond donors (Lipinski definition) is 3. The van der Waals surface area contributed by atoms with E-state index in [1.54, 1.807) is 6.20 Å². The van der Waals surface area contributed by atoms with Gasteiger partial charge in [0.1, 0.15) is 5.82 Å². The van der Waals surface area contributed by atoms with Gasteiger partial charge in [-0.1, -0.05) is 25.8 Å². The van der Waals surface area contributed by atoms with Crippen molar-refractivity contribution in [2.75, 3.05) is 5.73 Å². The summed E-state index contributed by atoms with van der Waals surface area (Å²) in [5, 5.41) is 0. The Hall–Kier alpha value is -1.13. The number of aromatic nitrogens is 1. The van der Waals surface area contributed by atoms with E-state index >= 15 is 0 Å². The van der Waals surface area contributed by atoms with Crippen molar-refractivity contribution in [3.8, 4) is 0 Å². The molecule has 1 heterocycles. The molecular weight excluding hydrogens is 212 g/mol. The maximum atomic E-state index is 5.93. The maximum absolute atomic E-state index is 5.93. The zero-order chi connectivity index (χ0) is 12.3. The quantitative estimate of drug-likeness (QED) is 0.552. The lowest BCUT2D eigenvalue weighted by molar-refractivity contribution is 0.225. The van der Waals surface area contributed by atoms with Gasteiger partial charge in [-0.25, -0.2) is 4.98 Å². The molecule has 4 heteroatoms. The zero-order valence-electron chi connectivity index (χ0n) is 10.4. The second-order valence-electron chi connectivity index (χ2n) is 5.15. The van der Waals surface area contributed by atoms with E-state index in [1.165, 1.54) is 25.7 Å². The second kappa shape index (κ2) is 5.47. The number of nitrogens with one attached hydrogen (secondary N) is 1. The minimum atomic E-state index is 0.131. The molecule has 1 aliphatic carbocycles. The summed E-state index contributed by atoms with van der Waals surface area (Å²) in [5.74, 6) is 7.65. The Morgan fingerprint density at radius 2 is 2.29 bits per heavy atom. The molecule has 1 aromatic rings. The first-order chi connectivity index (χ1) is 8.22. The van der Waals surface area contributed by atoms with Gasteiger partial charge >= 0.3 is 0 Å². The molecule has 0 aliphatic heterocycles. The normalized spacial score (nSPS) is 26.7. The van der Waals surface area contributed by atoms with Gasteiger partial charge in [0.2, 0.25) is 0 Å². The van der Waals surface area contributed by atoms with Gasteiger partial charge < -0.3 is 5.73 Å². The number of nitrogens with zero attached hydrogens (tertiary/aromatic N) is 1. The minimum absolute atomic E-state index is 0.131. The predicted octanol–water partition coefficient (Wildman–Crippen LogP) is 1.99. The van der Waals surface area contributed by atoms with Gasteiger partial charge in [-0.15, -0.1) is 0 Å². The van der Waals surface area contributed by atoms with Gasteiger partial charge in [0, 0.05) is 11.8 Å². The van der Waals surface area contributed by atoms with Crippen LogP contribution >= 0.6 is 0 Å². The molecule has 0 bridgehead atoms. The average molecular weight is 234 g/mol. The topological polar surface area (TPSA) is 77.0 Å². The molecule has 5 N–H and O–H groups in total. The monoisotopic (exact) mass is 234 g/mol. The van der Waals surface area contributed by atoms with Crippen LogP contribution < -0.4 is 17.0 Å². The van der Waals surface area contributed by atoms with Crippen LogP contribution in [0, 0.1) is 11.8 Å². The fraction of sp³-hybridized carbons (Fsp3) is 0.615. The molecule has 3 atom stereocenters. The van der Waals surface area contributed by atoms with Crippen molar-refractivity contribution >= 4 is 5.82 Å². The predicted molar refractivity (Wildman–Crippen MR) is 69.8 cm³/mol. The summed E-state index contributed by atoms with van der Waals surface area (Å²) in [5.41, 5.74) is 9.90. The summed E-state index contributed by atoms with van der Waals surface area (Å²) in [6.07, 6.45) is 6.76. The number of nitrogen functional groups attached to an aromatic ring is 1. The smallest absolute Gasteiger partial charge is 0.128 e. The van der Waals surface area contributed by atoms with Crippen LogP contribution in [0.4, 0.5) is 5.82 Å². The first-order valence-electron chi connectivity index (χ1n) is 6.39. The van der Waals surface area contributed by atoms with Crippen LogP contribution in [0.15, 0.2) is 18.3 Å². The molecular formula is C13H22N4. The van der Waals surface area contributed by atoms with E-state index in [1.807, 2.05) is 12.1 Å². The van der Waals surface area contributed by atoms with Crippen molar-refractivity contribution < 1.29 is 0 Å². The van der Waals surface area contributed by atoms with Crippen molar-refractivity contribution in [3.05, 3.63) is 23.9 Å². The standard InChI is InChI=1S/C13H22N4/c1-9-4-2-5-10(8-9)12(17-15)11-6-3-7-16-13(11)14/h3,6-7,9-10,12,17H,2,4-5,8,15H2,1H3,(H2,14,16). The minimum Gasteiger partial charge on any atom is -0.383 e. The Kier molecular flexibility index (Phi) is 3.97. The Bertz CT molecular complexity index is 366. The van der Waals surface area contributed by atoms with Gasteiger partial charge in [0.05, 0.1) is 6.04 Å². The van der Waals surface area contributed by atoms with Gasteiger partial charge in [0.15, 0.2) is 0 Å². The average Bonchev–Trinajstić information content (AvgIpc) is 2.33. The summed E-state index contributed by atoms with van der Waals surface area (Å²) in [6, 6.07) is 4.07. The molecule has 1 saturated carbocycles. The molecule has 0 spiro atoms. The molecule has 3 unspecified atom stereocenters. The first-order valence-corrected chi connectivity index (χ1v) is 6.39. The third-order valence-corrected chi connectivity index (χ3v) is 3.83. The highest BCUT2D eigenvalue weighted by molar-refractivity contribution is 5.41. The zero-order valence-corrected chi connectivity index (χ0v) is 10.4. The molecule has 0 amide bonds. The SMILES string of the molecule is CC1CCCC(C(NN)c2cccnc2N)C1. The van der Waals surface area contributed by atoms with Crippen LogP contribution in [0.25, 0.3) is 0 Å². The van der Waals surface area contributed by atoms with Crippen LogP contribution in [-0.2, 0) is 0 Å². The van der Waals surface area contributed by atoms with Gasteiger partial charge in [-0.2, -0.15) is 0 Å². The van der Waals surface area contributed by atoms with E-state index in [2.05, 4.69) is 17.3 Å². The fourth-order valence-corrected chi connectivity index (χ4v) is 2.96. The fourth-order valence-electron chi connectivity index (χ4n) is 2.96. The van der Waals surface area contributed by atoms with Crippen LogP contribution in [0.2, 0.25) is 0 Å². The lowest BCUT2D eigenvalue weighted by Crippen LogP contribution is -2.36. The molecule has 0 saturated heterocycles.